The van der Waals surface area contributed by atoms with Crippen LogP contribution >= 0.6 is 12.4 Å². The second-order valence-corrected chi connectivity index (χ2v) is 2.06. The van der Waals surface area contributed by atoms with E-state index in [-0.39, 0.29) is 18.2 Å². The van der Waals surface area contributed by atoms with Crippen LogP contribution in [0.4, 0.5) is 5.69 Å². The lowest BCUT2D eigenvalue weighted by atomic mass is 10.2. The molecule has 10 heavy (non-hydrogen) atoms. The average Bonchev–Trinajstić information content (AvgIpc) is 1.80. The molecule has 0 heterocycles. The summed E-state index contributed by atoms with van der Waals surface area (Å²) >= 11 is 0. The third kappa shape index (κ3) is 1.81. The van der Waals surface area contributed by atoms with Crippen LogP contribution in [0.5, 0.6) is 5.75 Å². The Kier molecular flexibility index (Phi) is 3.03. The molecule has 56 valence electrons. The molecule has 0 atom stereocenters. The Morgan fingerprint density at radius 2 is 2.00 bits per heavy atom. The number of aromatic hydroxyl groups is 1. The Balaban J connectivity index is 0.000000810. The molecule has 0 aliphatic heterocycles. The quantitative estimate of drug-likeness (QED) is 0.447. The molecule has 0 bridgehead atoms. The summed E-state index contributed by atoms with van der Waals surface area (Å²) in [6, 6.07) is 5.18. The van der Waals surface area contributed by atoms with Crippen molar-refractivity contribution in [2.75, 3.05) is 5.73 Å². The number of nitrogens with two attached hydrogens (primary N) is 1. The lowest BCUT2D eigenvalue weighted by molar-refractivity contribution is 0.477. The highest BCUT2D eigenvalue weighted by Gasteiger charge is 1.92. The van der Waals surface area contributed by atoms with E-state index in [1.54, 1.807) is 12.1 Å². The van der Waals surface area contributed by atoms with Gasteiger partial charge in [0.1, 0.15) is 5.75 Å². The van der Waals surface area contributed by atoms with Gasteiger partial charge in [-0.3, -0.25) is 0 Å². The van der Waals surface area contributed by atoms with Crippen LogP contribution in [0.3, 0.4) is 0 Å². The van der Waals surface area contributed by atoms with Crippen molar-refractivity contribution in [1.82, 2.24) is 0 Å². The molecule has 3 heteroatoms. The van der Waals surface area contributed by atoms with Crippen LogP contribution in [-0.4, -0.2) is 5.11 Å². The Hall–Kier alpha value is -0.890. The number of halogens is 1. The minimum absolute atomic E-state index is 0. The van der Waals surface area contributed by atoms with Gasteiger partial charge in [0.25, 0.3) is 0 Å². The summed E-state index contributed by atoms with van der Waals surface area (Å²) in [7, 11) is 0. The third-order valence-electron chi connectivity index (χ3n) is 1.19. The third-order valence-corrected chi connectivity index (χ3v) is 1.19. The maximum absolute atomic E-state index is 8.98. The van der Waals surface area contributed by atoms with Crippen molar-refractivity contribution < 1.29 is 5.11 Å². The summed E-state index contributed by atoms with van der Waals surface area (Å²) < 4.78 is 0. The zero-order chi connectivity index (χ0) is 6.85. The van der Waals surface area contributed by atoms with Gasteiger partial charge in [-0.1, -0.05) is 6.07 Å². The maximum atomic E-state index is 8.98. The Bertz CT molecular complexity index is 225. The highest BCUT2D eigenvalue weighted by Crippen LogP contribution is 2.19. The van der Waals surface area contributed by atoms with E-state index in [9.17, 15) is 0 Å². The van der Waals surface area contributed by atoms with Gasteiger partial charge in [-0.2, -0.15) is 0 Å². The lowest BCUT2D eigenvalue weighted by Gasteiger charge is -1.97. The molecule has 1 aromatic carbocycles. The number of rotatable bonds is 0. The number of hydrogen-bond acceptors (Lipinski definition) is 2. The van der Waals surface area contributed by atoms with E-state index >= 15 is 0 Å². The summed E-state index contributed by atoms with van der Waals surface area (Å²) in [4.78, 5) is 0. The summed E-state index contributed by atoms with van der Waals surface area (Å²) in [5.74, 6) is 0.162. The van der Waals surface area contributed by atoms with Crippen LogP contribution in [0.15, 0.2) is 18.2 Å². The first-order valence-electron chi connectivity index (χ1n) is 2.75. The molecule has 0 radical (unpaired) electrons. The molecule has 1 rings (SSSR count). The molecule has 0 aliphatic carbocycles. The van der Waals surface area contributed by atoms with Crippen LogP contribution in [0.25, 0.3) is 0 Å². The fourth-order valence-corrected chi connectivity index (χ4v) is 0.654. The first kappa shape index (κ1) is 9.11. The predicted molar refractivity (Wildman–Crippen MR) is 44.5 cm³/mol. The average molecular weight is 160 g/mol. The van der Waals surface area contributed by atoms with Gasteiger partial charge in [0.05, 0.1) is 5.69 Å². The fraction of sp³-hybridized carbons (Fsp3) is 0.143. The van der Waals surface area contributed by atoms with Crippen molar-refractivity contribution in [3.63, 3.8) is 0 Å². The summed E-state index contributed by atoms with van der Waals surface area (Å²) in [6.45, 7) is 1.90. The van der Waals surface area contributed by atoms with Gasteiger partial charge in [0.15, 0.2) is 0 Å². The number of aryl methyl sites for hydroxylation is 1. The van der Waals surface area contributed by atoms with E-state index in [1.807, 2.05) is 13.0 Å². The number of benzene rings is 1. The van der Waals surface area contributed by atoms with Crippen LogP contribution in [0.1, 0.15) is 5.56 Å². The van der Waals surface area contributed by atoms with Gasteiger partial charge in [-0.15, -0.1) is 12.4 Å². The standard InChI is InChI=1S/C7H9NO.ClH/c1-5-2-3-6(8)7(9)4-5;/h2-4,9H,8H2,1H3;1H. The van der Waals surface area contributed by atoms with Crippen molar-refractivity contribution in [2.45, 2.75) is 6.92 Å². The molecular weight excluding hydrogens is 150 g/mol. The van der Waals surface area contributed by atoms with Gasteiger partial charge >= 0.3 is 0 Å². The van der Waals surface area contributed by atoms with E-state index in [0.717, 1.165) is 5.56 Å². The Labute approximate surface area is 66.1 Å². The number of phenolic OH excluding ortho intramolecular Hbond substituents is 1. The smallest absolute Gasteiger partial charge is 0.138 e. The largest absolute Gasteiger partial charge is 0.506 e. The molecule has 3 N–H and O–H groups in total. The monoisotopic (exact) mass is 159 g/mol. The Morgan fingerprint density at radius 3 is 2.40 bits per heavy atom. The van der Waals surface area contributed by atoms with E-state index < -0.39 is 0 Å². The minimum Gasteiger partial charge on any atom is -0.506 e. The topological polar surface area (TPSA) is 46.2 Å². The van der Waals surface area contributed by atoms with Crippen molar-refractivity contribution in [3.8, 4) is 5.75 Å². The van der Waals surface area contributed by atoms with Gasteiger partial charge in [-0.25, -0.2) is 0 Å². The molecule has 0 unspecified atom stereocenters. The molecular formula is C7H10ClNO. The Morgan fingerprint density at radius 1 is 1.40 bits per heavy atom. The second kappa shape index (κ2) is 3.32. The summed E-state index contributed by atoms with van der Waals surface area (Å²) in [5.41, 5.74) is 6.79. The molecule has 2 nitrogen and oxygen atoms in total. The fourth-order valence-electron chi connectivity index (χ4n) is 0.654. The highest BCUT2D eigenvalue weighted by atomic mass is 35.5. The molecule has 0 amide bonds. The van der Waals surface area contributed by atoms with E-state index in [2.05, 4.69) is 0 Å². The number of hydrogen-bond donors (Lipinski definition) is 2. The highest BCUT2D eigenvalue weighted by molar-refractivity contribution is 5.85. The van der Waals surface area contributed by atoms with Gasteiger partial charge in [0.2, 0.25) is 0 Å². The molecule has 0 saturated carbocycles. The zero-order valence-corrected chi connectivity index (χ0v) is 6.48. The van der Waals surface area contributed by atoms with Crippen LogP contribution in [-0.2, 0) is 0 Å². The van der Waals surface area contributed by atoms with E-state index in [1.165, 1.54) is 0 Å². The predicted octanol–water partition coefficient (Wildman–Crippen LogP) is 1.70. The molecule has 0 spiro atoms. The number of anilines is 1. The number of nitrogen functional groups attached to an aromatic ring is 1. The van der Waals surface area contributed by atoms with Crippen LogP contribution < -0.4 is 5.73 Å². The lowest BCUT2D eigenvalue weighted by Crippen LogP contribution is -1.84. The van der Waals surface area contributed by atoms with Crippen LogP contribution in [0, 0.1) is 6.92 Å². The van der Waals surface area contributed by atoms with Gasteiger partial charge < -0.3 is 10.8 Å². The SMILES string of the molecule is Cc1ccc(N)c(O)c1.Cl. The second-order valence-electron chi connectivity index (χ2n) is 2.06. The number of phenols is 1. The zero-order valence-electron chi connectivity index (χ0n) is 5.66. The molecule has 0 aliphatic rings. The molecule has 0 aromatic heterocycles. The minimum atomic E-state index is 0. The summed E-state index contributed by atoms with van der Waals surface area (Å²) in [6.07, 6.45) is 0. The van der Waals surface area contributed by atoms with Crippen molar-refractivity contribution in [2.24, 2.45) is 0 Å². The molecule has 0 saturated heterocycles. The maximum Gasteiger partial charge on any atom is 0.138 e. The van der Waals surface area contributed by atoms with E-state index in [4.69, 9.17) is 10.8 Å². The van der Waals surface area contributed by atoms with Crippen molar-refractivity contribution >= 4 is 18.1 Å². The van der Waals surface area contributed by atoms with Gasteiger partial charge in [-0.05, 0) is 24.6 Å². The van der Waals surface area contributed by atoms with Crippen molar-refractivity contribution in [1.29, 1.82) is 0 Å². The van der Waals surface area contributed by atoms with Crippen molar-refractivity contribution in [3.05, 3.63) is 23.8 Å². The molecule has 0 fully saturated rings. The first-order valence-corrected chi connectivity index (χ1v) is 2.75. The normalized spacial score (nSPS) is 8.50. The first-order chi connectivity index (χ1) is 4.20. The van der Waals surface area contributed by atoms with Crippen LogP contribution in [0.2, 0.25) is 0 Å². The van der Waals surface area contributed by atoms with Gasteiger partial charge in [0, 0.05) is 0 Å². The van der Waals surface area contributed by atoms with E-state index in [0.29, 0.717) is 5.69 Å². The summed E-state index contributed by atoms with van der Waals surface area (Å²) in [5, 5.41) is 8.98. The molecule has 1 aromatic rings.